The van der Waals surface area contributed by atoms with Gasteiger partial charge in [0.2, 0.25) is 5.91 Å². The molecule has 1 aliphatic rings. The number of nitrogens with one attached hydrogen (secondary N) is 2. The molecule has 1 saturated carbocycles. The Kier molecular flexibility index (Phi) is 6.74. The van der Waals surface area contributed by atoms with Gasteiger partial charge in [-0.15, -0.1) is 0 Å². The Balaban J connectivity index is 1.42. The molecule has 0 aliphatic heterocycles. The van der Waals surface area contributed by atoms with Crippen molar-refractivity contribution in [3.8, 4) is 16.9 Å². The van der Waals surface area contributed by atoms with Crippen molar-refractivity contribution < 1.29 is 9.53 Å². The average Bonchev–Trinajstić information content (AvgIpc) is 2.67. The molecule has 1 fully saturated rings. The molecule has 1 aliphatic carbocycles. The molecule has 0 radical (unpaired) electrons. The summed E-state index contributed by atoms with van der Waals surface area (Å²) in [5.74, 6) is 0.835. The maximum Gasteiger partial charge on any atom is 0.221 e. The molecule has 28 heavy (non-hydrogen) atoms. The number of ether oxygens (including phenoxy) is 1. The third kappa shape index (κ3) is 6.10. The van der Waals surface area contributed by atoms with E-state index in [1.165, 1.54) is 32.6 Å². The molecule has 0 atom stereocenters. The van der Waals surface area contributed by atoms with Crippen LogP contribution in [0.1, 0.15) is 46.5 Å². The zero-order valence-electron chi connectivity index (χ0n) is 17.3. The second kappa shape index (κ2) is 9.24. The number of carbonyl (C=O) groups is 1. The first-order chi connectivity index (χ1) is 13.4. The first-order valence-electron chi connectivity index (χ1n) is 10.3. The van der Waals surface area contributed by atoms with Crippen molar-refractivity contribution in [3.63, 3.8) is 0 Å². The second-order valence-electron chi connectivity index (χ2n) is 8.52. The summed E-state index contributed by atoms with van der Waals surface area (Å²) in [6.07, 6.45) is 5.14. The van der Waals surface area contributed by atoms with Gasteiger partial charge >= 0.3 is 0 Å². The van der Waals surface area contributed by atoms with Crippen LogP contribution in [-0.2, 0) is 4.79 Å². The Labute approximate surface area is 168 Å². The highest BCUT2D eigenvalue weighted by Crippen LogP contribution is 2.34. The van der Waals surface area contributed by atoms with Gasteiger partial charge in [0, 0.05) is 25.2 Å². The number of benzene rings is 2. The molecule has 2 aromatic rings. The van der Waals surface area contributed by atoms with Crippen molar-refractivity contribution >= 4 is 11.6 Å². The van der Waals surface area contributed by atoms with Crippen molar-refractivity contribution in [1.82, 2.24) is 5.32 Å². The lowest BCUT2D eigenvalue weighted by Crippen LogP contribution is -2.37. The summed E-state index contributed by atoms with van der Waals surface area (Å²) in [4.78, 5) is 11.1. The van der Waals surface area contributed by atoms with Crippen LogP contribution < -0.4 is 15.4 Å². The van der Waals surface area contributed by atoms with Crippen molar-refractivity contribution in [2.24, 2.45) is 5.41 Å². The standard InChI is InChI=1S/C24H32N2O2/c1-18(27)26-22-8-4-19(5-9-22)20-6-10-23(11-7-20)28-17-16-25-21-12-14-24(2,3)15-13-21/h4-11,21,25H,12-17H2,1-3H3,(H,26,27). The lowest BCUT2D eigenvalue weighted by Gasteiger charge is -2.34. The predicted molar refractivity (Wildman–Crippen MR) is 116 cm³/mol. The summed E-state index contributed by atoms with van der Waals surface area (Å²) >= 11 is 0. The van der Waals surface area contributed by atoms with Crippen LogP contribution in [0.3, 0.4) is 0 Å². The van der Waals surface area contributed by atoms with E-state index in [1.54, 1.807) is 0 Å². The van der Waals surface area contributed by atoms with E-state index in [9.17, 15) is 4.79 Å². The number of anilines is 1. The largest absolute Gasteiger partial charge is 0.492 e. The van der Waals surface area contributed by atoms with Crippen LogP contribution in [0.15, 0.2) is 48.5 Å². The molecule has 4 heteroatoms. The minimum Gasteiger partial charge on any atom is -0.492 e. The Morgan fingerprint density at radius 3 is 2.14 bits per heavy atom. The normalized spacial score (nSPS) is 16.5. The van der Waals surface area contributed by atoms with Gasteiger partial charge in [0.25, 0.3) is 0 Å². The Morgan fingerprint density at radius 1 is 1.00 bits per heavy atom. The van der Waals surface area contributed by atoms with Crippen LogP contribution in [0.5, 0.6) is 5.75 Å². The molecule has 0 spiro atoms. The maximum absolute atomic E-state index is 11.1. The van der Waals surface area contributed by atoms with Gasteiger partial charge in [0.15, 0.2) is 0 Å². The fraction of sp³-hybridized carbons (Fsp3) is 0.458. The highest BCUT2D eigenvalue weighted by atomic mass is 16.5. The van der Waals surface area contributed by atoms with E-state index in [2.05, 4.69) is 36.6 Å². The van der Waals surface area contributed by atoms with Gasteiger partial charge in [0.1, 0.15) is 12.4 Å². The van der Waals surface area contributed by atoms with Crippen LogP contribution in [0.25, 0.3) is 11.1 Å². The molecular weight excluding hydrogens is 348 g/mol. The first kappa shape index (κ1) is 20.4. The van der Waals surface area contributed by atoms with Crippen LogP contribution in [0, 0.1) is 5.41 Å². The first-order valence-corrected chi connectivity index (χ1v) is 10.3. The third-order valence-electron chi connectivity index (χ3n) is 5.54. The van der Waals surface area contributed by atoms with Crippen LogP contribution in [-0.4, -0.2) is 25.1 Å². The second-order valence-corrected chi connectivity index (χ2v) is 8.52. The van der Waals surface area contributed by atoms with E-state index in [0.29, 0.717) is 18.1 Å². The van der Waals surface area contributed by atoms with Gasteiger partial charge in [-0.25, -0.2) is 0 Å². The quantitative estimate of drug-likeness (QED) is 0.645. The molecule has 2 aromatic carbocycles. The Morgan fingerprint density at radius 2 is 1.57 bits per heavy atom. The summed E-state index contributed by atoms with van der Waals surface area (Å²) in [5.41, 5.74) is 3.57. The van der Waals surface area contributed by atoms with Crippen LogP contribution in [0.4, 0.5) is 5.69 Å². The van der Waals surface area contributed by atoms with E-state index in [1.807, 2.05) is 36.4 Å². The molecule has 0 heterocycles. The van der Waals surface area contributed by atoms with Gasteiger partial charge in [-0.05, 0) is 66.5 Å². The van der Waals surface area contributed by atoms with Crippen molar-refractivity contribution in [3.05, 3.63) is 48.5 Å². The molecule has 0 saturated heterocycles. The minimum absolute atomic E-state index is 0.0592. The molecule has 3 rings (SSSR count). The van der Waals surface area contributed by atoms with Crippen molar-refractivity contribution in [1.29, 1.82) is 0 Å². The highest BCUT2D eigenvalue weighted by Gasteiger charge is 2.26. The number of hydrogen-bond acceptors (Lipinski definition) is 3. The lowest BCUT2D eigenvalue weighted by molar-refractivity contribution is -0.114. The van der Waals surface area contributed by atoms with Gasteiger partial charge in [-0.3, -0.25) is 4.79 Å². The average molecular weight is 381 g/mol. The SMILES string of the molecule is CC(=O)Nc1ccc(-c2ccc(OCCNC3CCC(C)(C)CC3)cc2)cc1. The van der Waals surface area contributed by atoms with Crippen LogP contribution >= 0.6 is 0 Å². The number of carbonyl (C=O) groups excluding carboxylic acids is 1. The van der Waals surface area contributed by atoms with Crippen LogP contribution in [0.2, 0.25) is 0 Å². The summed E-state index contributed by atoms with van der Waals surface area (Å²) in [7, 11) is 0. The summed E-state index contributed by atoms with van der Waals surface area (Å²) in [6.45, 7) is 7.82. The Bertz CT molecular complexity index is 756. The summed E-state index contributed by atoms with van der Waals surface area (Å²) in [6, 6.07) is 16.7. The van der Waals surface area contributed by atoms with E-state index in [4.69, 9.17) is 4.74 Å². The van der Waals surface area contributed by atoms with E-state index in [0.717, 1.165) is 29.1 Å². The van der Waals surface area contributed by atoms with Crippen molar-refractivity contribution in [2.75, 3.05) is 18.5 Å². The summed E-state index contributed by atoms with van der Waals surface area (Å²) < 4.78 is 5.88. The smallest absolute Gasteiger partial charge is 0.221 e. The summed E-state index contributed by atoms with van der Waals surface area (Å²) in [5, 5.41) is 6.41. The van der Waals surface area contributed by atoms with Gasteiger partial charge < -0.3 is 15.4 Å². The zero-order chi connectivity index (χ0) is 20.0. The monoisotopic (exact) mass is 380 g/mol. The molecule has 1 amide bonds. The third-order valence-corrected chi connectivity index (χ3v) is 5.54. The zero-order valence-corrected chi connectivity index (χ0v) is 17.3. The van der Waals surface area contributed by atoms with Crippen molar-refractivity contribution in [2.45, 2.75) is 52.5 Å². The Hall–Kier alpha value is -2.33. The molecule has 0 bridgehead atoms. The number of rotatable bonds is 7. The number of hydrogen-bond donors (Lipinski definition) is 2. The maximum atomic E-state index is 11.1. The van der Waals surface area contributed by atoms with Gasteiger partial charge in [-0.1, -0.05) is 38.1 Å². The molecular formula is C24H32N2O2. The minimum atomic E-state index is -0.0592. The van der Waals surface area contributed by atoms with Gasteiger partial charge in [0.05, 0.1) is 0 Å². The van der Waals surface area contributed by atoms with E-state index >= 15 is 0 Å². The van der Waals surface area contributed by atoms with E-state index in [-0.39, 0.29) is 5.91 Å². The molecule has 0 aromatic heterocycles. The molecule has 2 N–H and O–H groups in total. The molecule has 150 valence electrons. The topological polar surface area (TPSA) is 50.4 Å². The molecule has 0 unspecified atom stereocenters. The fourth-order valence-electron chi connectivity index (χ4n) is 3.73. The predicted octanol–water partition coefficient (Wildman–Crippen LogP) is 5.25. The number of amides is 1. The molecule has 4 nitrogen and oxygen atoms in total. The van der Waals surface area contributed by atoms with E-state index < -0.39 is 0 Å². The fourth-order valence-corrected chi connectivity index (χ4v) is 3.73. The van der Waals surface area contributed by atoms with Gasteiger partial charge in [-0.2, -0.15) is 0 Å². The lowest BCUT2D eigenvalue weighted by atomic mass is 9.75. The highest BCUT2D eigenvalue weighted by molar-refractivity contribution is 5.89.